The summed E-state index contributed by atoms with van der Waals surface area (Å²) in [4.78, 5) is 125. The third-order valence-electron chi connectivity index (χ3n) is 18.6. The van der Waals surface area contributed by atoms with Crippen molar-refractivity contribution in [2.75, 3.05) is 90.4 Å². The third kappa shape index (κ3) is 15.4. The predicted molar refractivity (Wildman–Crippen MR) is 377 cm³/mol. The number of rotatable bonds is 28. The highest BCUT2D eigenvalue weighted by molar-refractivity contribution is 7.48. The summed E-state index contributed by atoms with van der Waals surface area (Å²) >= 11 is 0. The van der Waals surface area contributed by atoms with Crippen LogP contribution >= 0.6 is 39.1 Å². The molecular weight excluding hydrogens is 1670 g/mol. The van der Waals surface area contributed by atoms with E-state index in [1.807, 2.05) is 0 Å². The molecule has 66 heteroatoms. The minimum atomic E-state index is -5.86. The van der Waals surface area contributed by atoms with Gasteiger partial charge in [-0.25, -0.2) is 97.6 Å². The summed E-state index contributed by atoms with van der Waals surface area (Å²) in [5, 5.41) is 69.8. The van der Waals surface area contributed by atoms with Crippen molar-refractivity contribution in [2.24, 2.45) is 0 Å². The normalized spacial score (nSPS) is 30.7. The molecule has 5 saturated heterocycles. The van der Waals surface area contributed by atoms with Crippen LogP contribution in [0.3, 0.4) is 0 Å². The minimum Gasteiger partial charge on any atom is -0.387 e. The van der Waals surface area contributed by atoms with Gasteiger partial charge in [0, 0.05) is 0 Å². The largest absolute Gasteiger partial charge is 0.472 e. The van der Waals surface area contributed by atoms with Gasteiger partial charge in [0.2, 0.25) is 29.7 Å². The Morgan fingerprint density at radius 1 is 0.293 bits per heavy atom. The van der Waals surface area contributed by atoms with E-state index in [1.165, 1.54) is 0 Å². The molecule has 15 heterocycles. The first kappa shape index (κ1) is 82.0. The number of phosphoric ester groups is 5. The number of hydrogen-bond donors (Lipinski definition) is 22. The molecule has 4 unspecified atom stereocenters. The van der Waals surface area contributed by atoms with Crippen molar-refractivity contribution in [3.8, 4) is 0 Å². The maximum atomic E-state index is 14.5. The van der Waals surface area contributed by atoms with Crippen LogP contribution in [0.25, 0.3) is 55.8 Å². The summed E-state index contributed by atoms with van der Waals surface area (Å²) in [6.07, 6.45) is -35.5. The molecule has 32 N–H and O–H groups in total. The number of anilines is 10. The minimum absolute atomic E-state index is 0.00292. The van der Waals surface area contributed by atoms with Crippen LogP contribution in [0.5, 0.6) is 0 Å². The van der Waals surface area contributed by atoms with E-state index in [2.05, 4.69) is 79.3 Å². The summed E-state index contributed by atoms with van der Waals surface area (Å²) in [6, 6.07) is 0. The summed E-state index contributed by atoms with van der Waals surface area (Å²) in [7, 11) is -28.3. The van der Waals surface area contributed by atoms with Gasteiger partial charge in [-0.3, -0.25) is 63.5 Å². The number of imidazole rings is 5. The Morgan fingerprint density at radius 2 is 0.491 bits per heavy atom. The molecule has 10 aromatic rings. The zero-order valence-electron chi connectivity index (χ0n) is 58.0. The Hall–Kier alpha value is -9.14. The Morgan fingerprint density at radius 3 is 0.716 bits per heavy atom. The van der Waals surface area contributed by atoms with E-state index < -0.39 is 219 Å². The van der Waals surface area contributed by atoms with Crippen LogP contribution in [0, 0.1) is 0 Å². The highest BCUT2D eigenvalue weighted by atomic mass is 31.2. The summed E-state index contributed by atoms with van der Waals surface area (Å²) in [5.41, 5.74) is 59.6. The molecule has 0 spiro atoms. The number of nitrogens with zero attached hydrogens (tertiary/aromatic N) is 20. The second-order valence-corrected chi connectivity index (χ2v) is 32.6. The van der Waals surface area contributed by atoms with E-state index in [1.54, 1.807) is 0 Å². The lowest BCUT2D eigenvalue weighted by atomic mass is 10.1. The van der Waals surface area contributed by atoms with Crippen LogP contribution in [-0.2, 0) is 87.2 Å². The Balaban J connectivity index is 0.654. The number of aliphatic hydroxyl groups is 6. The van der Waals surface area contributed by atoms with E-state index in [-0.39, 0.29) is 90.9 Å². The van der Waals surface area contributed by atoms with Gasteiger partial charge in [-0.1, -0.05) is 0 Å². The molecule has 10 aromatic heterocycles. The predicted octanol–water partition coefficient (Wildman–Crippen LogP) is -7.22. The van der Waals surface area contributed by atoms with Crippen molar-refractivity contribution in [1.29, 1.82) is 0 Å². The Bertz CT molecular complexity index is 5690. The quantitative estimate of drug-likeness (QED) is 0.0203. The number of ether oxygens (including phenoxy) is 5. The zero-order chi connectivity index (χ0) is 83.1. The summed E-state index contributed by atoms with van der Waals surface area (Å²) in [6.45, 7) is -5.94. The monoisotopic (exact) mass is 1740 g/mol. The molecular formula is C50H67N30O31P5. The van der Waals surface area contributed by atoms with Crippen molar-refractivity contribution in [2.45, 2.75) is 123 Å². The lowest BCUT2D eigenvalue weighted by Crippen LogP contribution is -2.37. The number of fused-ring (bicyclic) bond motifs is 5. The average molecular weight is 1740 g/mol. The van der Waals surface area contributed by atoms with Crippen LogP contribution < -0.4 is 57.3 Å². The smallest absolute Gasteiger partial charge is 0.387 e. The van der Waals surface area contributed by atoms with Crippen molar-refractivity contribution < 1.29 is 147 Å². The number of phosphoric acid groups is 5. The molecule has 628 valence electrons. The molecule has 0 aliphatic carbocycles. The van der Waals surface area contributed by atoms with E-state index in [9.17, 15) is 82.8 Å². The summed E-state index contributed by atoms with van der Waals surface area (Å²) < 4.78 is 151. The highest BCUT2D eigenvalue weighted by Gasteiger charge is 2.58. The van der Waals surface area contributed by atoms with E-state index in [0.29, 0.717) is 0 Å². The van der Waals surface area contributed by atoms with Crippen molar-refractivity contribution >= 4 is 154 Å². The number of aliphatic hydroxyl groups excluding tert-OH is 6. The SMILES string of the molecule is Nc1ncnc2c1nc(N)n2[C@@H]1O[C@H](COP(=O)(O)O[C@@H]2[C@H](O)[C@@H](COP(=O)(O)O[C@@H]3[C@H](O)[C@@H](COP(=O)(O)O[C@@H]4[C@H](O)[C@@H](COP(=O)(O)O[C@@H]5[C@H](O)[C@@H](COP(=O)(O)O)O[C@H]5n5c(N)nc6c(N)ncnc65)O[C@H]4n4c(N)nc5c(N)ncnc54)O[C@H]3n3c(N)nc4c(N)ncnc43)O[C@H]2n2c(N)nc3c(N)ncnc32)[C@@H](O)[C@H]1O. The standard InChI is InChI=1S/C50H67N30O31P5/c51-31-16-36(66-6-61-31)76(46(56)71-16)41-26(86)21(81)11(103-41)2-99-113(90,91)109-28-23(83)13(105-43(28)78-38-18(73-48(78)58)33(53)63-8-68-38)4-101-115(94,95)111-30-25(85)15(107-45(30)80-40-20(75-50(80)60)35(55)65-10-70-40)5-102-116(96,97)110-29-24(84)14(106-44(29)79-39-19(74-49(79)59)34(54)64-9-69-39)3-100-114(92,93)108-27-22(82)12(1-98-112(87,88)89)104-42(27)77-37-17(72-47(77)57)32(52)62-7-67-37/h6-15,21-30,41-45,81-86H,1-5H2,(H2,56,71)(H2,57,72)(H2,58,73)(H2,59,74)(H2,60,75)(H,90,91)(H,92,93)(H,94,95)(H,96,97)(H2,51,61,66)(H2,52,62,67)(H2,53,63,68)(H2,54,64,69)(H2,55,65,70)(H2,87,88,89)/t11-,12-,13-,14-,15-,21-,22-,23-,24-,25-,26-,27-,28-,29-,30-,41-,42-,43-,44-,45-/m1/s1. The molecule has 5 aliphatic rings. The van der Waals surface area contributed by atoms with E-state index in [4.69, 9.17) is 117 Å². The number of nitrogens with two attached hydrogens (primary N) is 10. The molecule has 0 radical (unpaired) electrons. The second-order valence-electron chi connectivity index (χ2n) is 25.7. The fourth-order valence-electron chi connectivity index (χ4n) is 13.3. The molecule has 0 bridgehead atoms. The van der Waals surface area contributed by atoms with Crippen LogP contribution in [0.1, 0.15) is 31.1 Å². The molecule has 24 atom stereocenters. The van der Waals surface area contributed by atoms with Crippen LogP contribution in [0.15, 0.2) is 31.6 Å². The number of aromatic nitrogens is 20. The fraction of sp³-hybridized carbons (Fsp3) is 0.500. The number of hydrogen-bond acceptors (Lipinski definition) is 50. The first-order chi connectivity index (χ1) is 54.7. The topological polar surface area (TPSA) is 936 Å². The molecule has 61 nitrogen and oxygen atoms in total. The maximum absolute atomic E-state index is 14.5. The molecule has 0 saturated carbocycles. The maximum Gasteiger partial charge on any atom is 0.472 e. The molecule has 116 heavy (non-hydrogen) atoms. The van der Waals surface area contributed by atoms with E-state index in [0.717, 1.165) is 54.5 Å². The fourth-order valence-corrected chi connectivity index (χ4v) is 17.4. The van der Waals surface area contributed by atoms with Gasteiger partial charge in [0.1, 0.15) is 123 Å². The number of nitrogen functional groups attached to an aromatic ring is 10. The first-order valence-corrected chi connectivity index (χ1v) is 40.6. The van der Waals surface area contributed by atoms with Crippen molar-refractivity contribution in [3.05, 3.63) is 31.6 Å². The lowest BCUT2D eigenvalue weighted by Gasteiger charge is -2.26. The van der Waals surface area contributed by atoms with Crippen molar-refractivity contribution in [3.63, 3.8) is 0 Å². The lowest BCUT2D eigenvalue weighted by molar-refractivity contribution is -0.0652. The second kappa shape index (κ2) is 30.7. The summed E-state index contributed by atoms with van der Waals surface area (Å²) in [5.74, 6) is -3.49. The van der Waals surface area contributed by atoms with Gasteiger partial charge in [-0.2, -0.15) is 0 Å². The Labute approximate surface area is 641 Å². The molecule has 0 amide bonds. The van der Waals surface area contributed by atoms with Crippen LogP contribution in [0.2, 0.25) is 0 Å². The molecule has 5 fully saturated rings. The molecule has 5 aliphatic heterocycles. The van der Waals surface area contributed by atoms with Crippen LogP contribution in [-0.4, -0.2) is 282 Å². The molecule has 15 rings (SSSR count). The first-order valence-electron chi connectivity index (χ1n) is 33.1. The van der Waals surface area contributed by atoms with Gasteiger partial charge in [0.15, 0.2) is 116 Å². The van der Waals surface area contributed by atoms with Gasteiger partial charge in [0.05, 0.1) is 33.0 Å². The van der Waals surface area contributed by atoms with Gasteiger partial charge in [-0.15, -0.1) is 0 Å². The van der Waals surface area contributed by atoms with Gasteiger partial charge in [-0.05, 0) is 0 Å². The van der Waals surface area contributed by atoms with Gasteiger partial charge >= 0.3 is 39.1 Å². The van der Waals surface area contributed by atoms with Crippen LogP contribution in [0.4, 0.5) is 58.8 Å². The molecule has 0 aromatic carbocycles. The Kier molecular flexibility index (Phi) is 21.7. The highest BCUT2D eigenvalue weighted by Crippen LogP contribution is 2.57. The zero-order valence-corrected chi connectivity index (χ0v) is 62.5. The third-order valence-corrected chi connectivity index (χ3v) is 23.0. The average Bonchev–Trinajstić information content (AvgIpc) is 1.63. The van der Waals surface area contributed by atoms with Gasteiger partial charge < -0.3 is 141 Å². The van der Waals surface area contributed by atoms with E-state index >= 15 is 0 Å². The van der Waals surface area contributed by atoms with Gasteiger partial charge in [0.25, 0.3) is 0 Å². The van der Waals surface area contributed by atoms with Crippen molar-refractivity contribution in [1.82, 2.24) is 97.6 Å².